The first-order chi connectivity index (χ1) is 7.13. The zero-order valence-corrected chi connectivity index (χ0v) is 9.59. The van der Waals surface area contributed by atoms with Crippen molar-refractivity contribution in [1.29, 1.82) is 0 Å². The van der Waals surface area contributed by atoms with E-state index in [1.807, 2.05) is 0 Å². The van der Waals surface area contributed by atoms with Crippen molar-refractivity contribution in [3.8, 4) is 0 Å². The van der Waals surface area contributed by atoms with Crippen LogP contribution < -0.4 is 0 Å². The van der Waals surface area contributed by atoms with E-state index in [1.165, 1.54) is 0 Å². The molecule has 86 valence electrons. The zero-order valence-electron chi connectivity index (χ0n) is 8.77. The first-order valence-corrected chi connectivity index (χ1v) is 5.58. The van der Waals surface area contributed by atoms with Gasteiger partial charge >= 0.3 is 5.97 Å². The van der Waals surface area contributed by atoms with Gasteiger partial charge in [-0.1, -0.05) is 13.3 Å². The van der Waals surface area contributed by atoms with E-state index in [4.69, 9.17) is 21.7 Å². The van der Waals surface area contributed by atoms with E-state index in [9.17, 15) is 9.90 Å². The second kappa shape index (κ2) is 6.02. The molecule has 0 aliphatic carbocycles. The summed E-state index contributed by atoms with van der Waals surface area (Å²) < 4.78 is 10.3. The van der Waals surface area contributed by atoms with Crippen molar-refractivity contribution in [1.82, 2.24) is 0 Å². The maximum Gasteiger partial charge on any atom is 0.309 e. The normalized spacial score (nSPS) is 27.6. The van der Waals surface area contributed by atoms with Gasteiger partial charge in [0.15, 0.2) is 5.05 Å². The largest absolute Gasteiger partial charge is 0.478 e. The first kappa shape index (κ1) is 12.4. The van der Waals surface area contributed by atoms with Gasteiger partial charge in [-0.15, -0.1) is 0 Å². The summed E-state index contributed by atoms with van der Waals surface area (Å²) in [6.45, 7) is 2.30. The number of unbranched alkanes of at least 4 members (excludes halogenated alkanes) is 1. The van der Waals surface area contributed by atoms with Gasteiger partial charge in [0.05, 0.1) is 6.42 Å². The topological polar surface area (TPSA) is 55.8 Å². The molecular weight excluding hydrogens is 216 g/mol. The highest BCUT2D eigenvalue weighted by Gasteiger charge is 2.25. The van der Waals surface area contributed by atoms with Crippen molar-refractivity contribution < 1.29 is 19.4 Å². The fourth-order valence-electron chi connectivity index (χ4n) is 1.34. The number of aliphatic hydroxyl groups is 1. The second-order valence-electron chi connectivity index (χ2n) is 3.60. The Morgan fingerprint density at radius 1 is 1.60 bits per heavy atom. The van der Waals surface area contributed by atoms with Crippen molar-refractivity contribution in [2.75, 3.05) is 6.61 Å². The van der Waals surface area contributed by atoms with E-state index in [1.54, 1.807) is 0 Å². The van der Waals surface area contributed by atoms with Gasteiger partial charge in [-0.3, -0.25) is 4.79 Å². The molecule has 1 saturated heterocycles. The third kappa shape index (κ3) is 4.13. The van der Waals surface area contributed by atoms with Crippen LogP contribution in [0.5, 0.6) is 0 Å². The van der Waals surface area contributed by atoms with E-state index < -0.39 is 12.1 Å². The highest BCUT2D eigenvalue weighted by molar-refractivity contribution is 7.80. The number of aliphatic hydroxyl groups excluding tert-OH is 1. The molecule has 0 bridgehead atoms. The number of cyclic esters (lactones) is 1. The average Bonchev–Trinajstić information content (AvgIpc) is 2.20. The van der Waals surface area contributed by atoms with Crippen LogP contribution in [-0.2, 0) is 14.3 Å². The van der Waals surface area contributed by atoms with Crippen LogP contribution in [-0.4, -0.2) is 34.9 Å². The Morgan fingerprint density at radius 3 is 3.00 bits per heavy atom. The number of hydrogen-bond acceptors (Lipinski definition) is 5. The van der Waals surface area contributed by atoms with Crippen LogP contribution in [0.4, 0.5) is 0 Å². The lowest BCUT2D eigenvalue weighted by Crippen LogP contribution is -2.35. The molecule has 15 heavy (non-hydrogen) atoms. The maximum atomic E-state index is 11.1. The Balaban J connectivity index is 2.51. The van der Waals surface area contributed by atoms with Crippen LogP contribution in [0.15, 0.2) is 0 Å². The van der Waals surface area contributed by atoms with Crippen LogP contribution in [0.1, 0.15) is 32.6 Å². The highest BCUT2D eigenvalue weighted by atomic mass is 32.1. The van der Waals surface area contributed by atoms with Crippen LogP contribution in [0.2, 0.25) is 0 Å². The summed E-state index contributed by atoms with van der Waals surface area (Å²) in [7, 11) is 0. The zero-order chi connectivity index (χ0) is 11.3. The van der Waals surface area contributed by atoms with Gasteiger partial charge in [0.25, 0.3) is 0 Å². The Hall–Kier alpha value is -0.680. The molecular formula is C10H16O4S. The lowest BCUT2D eigenvalue weighted by Gasteiger charge is -2.24. The summed E-state index contributed by atoms with van der Waals surface area (Å²) in [5.41, 5.74) is 0. The predicted molar refractivity (Wildman–Crippen MR) is 58.6 cm³/mol. The van der Waals surface area contributed by atoms with Crippen molar-refractivity contribution in [2.24, 2.45) is 0 Å². The summed E-state index contributed by atoms with van der Waals surface area (Å²) in [6, 6.07) is 0. The molecule has 0 saturated carbocycles. The van der Waals surface area contributed by atoms with Crippen LogP contribution in [0, 0.1) is 0 Å². The number of thiocarbonyl (C=S) groups is 1. The molecule has 1 aliphatic heterocycles. The Labute approximate surface area is 94.6 Å². The van der Waals surface area contributed by atoms with Gasteiger partial charge in [0.2, 0.25) is 0 Å². The number of hydrogen-bond donors (Lipinski definition) is 1. The van der Waals surface area contributed by atoms with Gasteiger partial charge in [0.1, 0.15) is 18.8 Å². The van der Waals surface area contributed by atoms with Crippen molar-refractivity contribution in [3.05, 3.63) is 0 Å². The fourth-order valence-corrected chi connectivity index (χ4v) is 1.56. The molecule has 2 unspecified atom stereocenters. The summed E-state index contributed by atoms with van der Waals surface area (Å²) in [6.07, 6.45) is 1.48. The molecule has 1 rings (SSSR count). The summed E-state index contributed by atoms with van der Waals surface area (Å²) in [4.78, 5) is 11.1. The lowest BCUT2D eigenvalue weighted by atomic mass is 10.1. The quantitative estimate of drug-likeness (QED) is 0.585. The molecule has 1 fully saturated rings. The molecule has 2 atom stereocenters. The Morgan fingerprint density at radius 2 is 2.33 bits per heavy atom. The number of carbonyl (C=O) groups excluding carboxylic acids is 1. The minimum atomic E-state index is -1.02. The van der Waals surface area contributed by atoms with Gasteiger partial charge in [-0.05, 0) is 25.1 Å². The standard InChI is InChI=1S/C10H16O4S/c1-2-3-4-7-6-13-9(12)5-8(11)10(15)14-7/h7-8,11H,2-6H2,1H3. The van der Waals surface area contributed by atoms with Gasteiger partial charge < -0.3 is 14.6 Å². The molecule has 0 amide bonds. The van der Waals surface area contributed by atoms with E-state index in [-0.39, 0.29) is 24.2 Å². The minimum absolute atomic E-state index is 0.104. The molecule has 0 aromatic rings. The molecule has 0 aromatic heterocycles. The van der Waals surface area contributed by atoms with Crippen molar-refractivity contribution >= 4 is 23.2 Å². The molecule has 1 N–H and O–H groups in total. The second-order valence-corrected chi connectivity index (χ2v) is 4.01. The number of carbonyl (C=O) groups is 1. The van der Waals surface area contributed by atoms with E-state index in [2.05, 4.69) is 6.92 Å². The average molecular weight is 232 g/mol. The lowest BCUT2D eigenvalue weighted by molar-refractivity contribution is -0.149. The summed E-state index contributed by atoms with van der Waals surface area (Å²) in [5.74, 6) is -0.422. The Kier molecular flexibility index (Phi) is 4.98. The molecule has 5 heteroatoms. The van der Waals surface area contributed by atoms with Crippen molar-refractivity contribution in [2.45, 2.75) is 44.8 Å². The minimum Gasteiger partial charge on any atom is -0.478 e. The summed E-state index contributed by atoms with van der Waals surface area (Å²) >= 11 is 4.88. The highest BCUT2D eigenvalue weighted by Crippen LogP contribution is 2.12. The van der Waals surface area contributed by atoms with Gasteiger partial charge in [0, 0.05) is 0 Å². The van der Waals surface area contributed by atoms with Crippen molar-refractivity contribution in [3.63, 3.8) is 0 Å². The smallest absolute Gasteiger partial charge is 0.309 e. The molecule has 4 nitrogen and oxygen atoms in total. The first-order valence-electron chi connectivity index (χ1n) is 5.17. The number of esters is 1. The van der Waals surface area contributed by atoms with E-state index in [0.29, 0.717) is 0 Å². The summed E-state index contributed by atoms with van der Waals surface area (Å²) in [5, 5.41) is 9.53. The van der Waals surface area contributed by atoms with Gasteiger partial charge in [-0.25, -0.2) is 0 Å². The van der Waals surface area contributed by atoms with Crippen LogP contribution >= 0.6 is 12.2 Å². The molecule has 0 aromatic carbocycles. The SMILES string of the molecule is CCCCC1COC(=O)CC(O)C(=S)O1. The van der Waals surface area contributed by atoms with Crippen LogP contribution in [0.3, 0.4) is 0 Å². The van der Waals surface area contributed by atoms with E-state index in [0.717, 1.165) is 19.3 Å². The fraction of sp³-hybridized carbons (Fsp3) is 0.800. The molecule has 1 heterocycles. The van der Waals surface area contributed by atoms with Gasteiger partial charge in [-0.2, -0.15) is 0 Å². The monoisotopic (exact) mass is 232 g/mol. The van der Waals surface area contributed by atoms with E-state index >= 15 is 0 Å². The number of rotatable bonds is 3. The molecule has 1 aliphatic rings. The molecule has 0 spiro atoms. The van der Waals surface area contributed by atoms with Crippen LogP contribution in [0.25, 0.3) is 0 Å². The predicted octanol–water partition coefficient (Wildman–Crippen LogP) is 1.20. The third-order valence-corrected chi connectivity index (χ3v) is 2.59. The number of ether oxygens (including phenoxy) is 2. The Bertz CT molecular complexity index is 242. The maximum absolute atomic E-state index is 11.1. The third-order valence-electron chi connectivity index (χ3n) is 2.22. The molecule has 0 radical (unpaired) electrons.